The molecule has 0 N–H and O–H groups in total. The van der Waals surface area contributed by atoms with Crippen LogP contribution in [-0.2, 0) is 22.4 Å². The first-order valence-corrected chi connectivity index (χ1v) is 13.9. The summed E-state index contributed by atoms with van der Waals surface area (Å²) in [6.45, 7) is 19.6. The summed E-state index contributed by atoms with van der Waals surface area (Å²) >= 11 is 0. The van der Waals surface area contributed by atoms with Crippen molar-refractivity contribution in [2.24, 2.45) is 5.92 Å². The molecule has 0 bridgehead atoms. The zero-order valence-corrected chi connectivity index (χ0v) is 24.1. The number of hydrogen-bond donors (Lipinski definition) is 0. The molecular formula is C35H45NO2. The van der Waals surface area contributed by atoms with E-state index in [-0.39, 0.29) is 5.92 Å². The van der Waals surface area contributed by atoms with Gasteiger partial charge in [-0.05, 0) is 79.5 Å². The highest BCUT2D eigenvalue weighted by Gasteiger charge is 2.20. The van der Waals surface area contributed by atoms with Gasteiger partial charge in [0.2, 0.25) is 0 Å². The number of allylic oxidation sites excluding steroid dienone is 1. The monoisotopic (exact) mass is 511 g/mol. The molecule has 3 aromatic rings. The Morgan fingerprint density at radius 3 is 2.29 bits per heavy atom. The Bertz CT molecular complexity index is 1170. The van der Waals surface area contributed by atoms with Gasteiger partial charge in [0.05, 0.1) is 0 Å². The highest BCUT2D eigenvalue weighted by molar-refractivity contribution is 5.81. The van der Waals surface area contributed by atoms with E-state index in [1.165, 1.54) is 22.3 Å². The summed E-state index contributed by atoms with van der Waals surface area (Å²) < 4.78 is 5.27. The number of ketones is 1. The summed E-state index contributed by atoms with van der Waals surface area (Å²) in [6.07, 6.45) is 10.1. The third-order valence-electron chi connectivity index (χ3n) is 6.73. The number of Topliss-reactive ketones (excluding diaryl/α,β-unsaturated/α-hetero) is 1. The Balaban J connectivity index is 0.000000252. The molecule has 0 amide bonds. The molecule has 202 valence electrons. The number of carbonyl (C=O) groups is 1. The number of benzene rings is 2. The van der Waals surface area contributed by atoms with Crippen LogP contribution >= 0.6 is 0 Å². The maximum Gasteiger partial charge on any atom is 0.136 e. The summed E-state index contributed by atoms with van der Waals surface area (Å²) in [5, 5.41) is 0. The minimum absolute atomic E-state index is 0.245. The van der Waals surface area contributed by atoms with Crippen LogP contribution in [0.15, 0.2) is 74.1 Å². The smallest absolute Gasteiger partial charge is 0.136 e. The molecule has 0 unspecified atom stereocenters. The van der Waals surface area contributed by atoms with Crippen molar-refractivity contribution in [3.05, 3.63) is 102 Å². The normalized spacial score (nSPS) is 12.9. The second-order valence-corrected chi connectivity index (χ2v) is 9.56. The van der Waals surface area contributed by atoms with Crippen LogP contribution in [0.1, 0.15) is 74.8 Å². The van der Waals surface area contributed by atoms with Gasteiger partial charge < -0.3 is 4.74 Å². The van der Waals surface area contributed by atoms with Gasteiger partial charge in [0.1, 0.15) is 5.78 Å². The number of rotatable bonds is 8. The lowest BCUT2D eigenvalue weighted by Crippen LogP contribution is -2.23. The number of aromatic nitrogens is 1. The fourth-order valence-corrected chi connectivity index (χ4v) is 4.38. The van der Waals surface area contributed by atoms with Crippen LogP contribution in [0.2, 0.25) is 0 Å². The van der Waals surface area contributed by atoms with E-state index < -0.39 is 0 Å². The first-order chi connectivity index (χ1) is 18.4. The largest absolute Gasteiger partial charge is 0.381 e. The molecule has 38 heavy (non-hydrogen) atoms. The van der Waals surface area contributed by atoms with Crippen molar-refractivity contribution in [2.75, 3.05) is 13.2 Å². The van der Waals surface area contributed by atoms with Crippen LogP contribution in [0.3, 0.4) is 0 Å². The second-order valence-electron chi connectivity index (χ2n) is 9.56. The Morgan fingerprint density at radius 1 is 1.00 bits per heavy atom. The summed E-state index contributed by atoms with van der Waals surface area (Å²) in [4.78, 5) is 16.3. The van der Waals surface area contributed by atoms with Crippen molar-refractivity contribution < 1.29 is 9.53 Å². The molecule has 1 aliphatic heterocycles. The van der Waals surface area contributed by atoms with E-state index in [0.717, 1.165) is 61.2 Å². The first-order valence-electron chi connectivity index (χ1n) is 13.9. The van der Waals surface area contributed by atoms with Crippen LogP contribution in [0.4, 0.5) is 0 Å². The molecule has 1 aromatic heterocycles. The third kappa shape index (κ3) is 9.54. The quantitative estimate of drug-likeness (QED) is 0.303. The van der Waals surface area contributed by atoms with Gasteiger partial charge in [-0.3, -0.25) is 9.78 Å². The summed E-state index contributed by atoms with van der Waals surface area (Å²) in [6, 6.07) is 17.0. The SMILES string of the molecule is C=Cc1cc(-c2cncc(CC)c2)ccc1C(=C)C.CC.Cc1ccc(CCC(=O)C2CCOCC2)cc1. The van der Waals surface area contributed by atoms with E-state index in [4.69, 9.17) is 4.74 Å². The molecule has 0 aliphatic carbocycles. The van der Waals surface area contributed by atoms with Crippen LogP contribution in [-0.4, -0.2) is 24.0 Å². The van der Waals surface area contributed by atoms with Gasteiger partial charge >= 0.3 is 0 Å². The number of pyridine rings is 1. The maximum absolute atomic E-state index is 12.0. The summed E-state index contributed by atoms with van der Waals surface area (Å²) in [7, 11) is 0. The third-order valence-corrected chi connectivity index (χ3v) is 6.73. The average Bonchev–Trinajstić information content (AvgIpc) is 2.98. The Kier molecular flexibility index (Phi) is 13.4. The van der Waals surface area contributed by atoms with E-state index >= 15 is 0 Å². The van der Waals surface area contributed by atoms with Crippen LogP contribution < -0.4 is 0 Å². The van der Waals surface area contributed by atoms with Gasteiger partial charge in [-0.1, -0.05) is 87.5 Å². The molecular weight excluding hydrogens is 466 g/mol. The van der Waals surface area contributed by atoms with Gasteiger partial charge in [-0.2, -0.15) is 0 Å². The predicted molar refractivity (Wildman–Crippen MR) is 163 cm³/mol. The lowest BCUT2D eigenvalue weighted by molar-refractivity contribution is -0.125. The predicted octanol–water partition coefficient (Wildman–Crippen LogP) is 8.94. The van der Waals surface area contributed by atoms with E-state index in [2.05, 4.69) is 80.5 Å². The van der Waals surface area contributed by atoms with Gasteiger partial charge in [0, 0.05) is 43.5 Å². The molecule has 0 radical (unpaired) electrons. The Labute approximate surface area is 230 Å². The number of hydrogen-bond acceptors (Lipinski definition) is 3. The van der Waals surface area contributed by atoms with Crippen molar-refractivity contribution in [2.45, 2.75) is 66.7 Å². The van der Waals surface area contributed by atoms with Crippen molar-refractivity contribution >= 4 is 17.4 Å². The minimum Gasteiger partial charge on any atom is -0.381 e. The number of nitrogens with zero attached hydrogens (tertiary/aromatic N) is 1. The standard InChI is InChI=1S/C18H19N.C15H20O2.C2H6/c1-5-14-9-17(12-19-11-14)16-7-8-18(13(3)4)15(6-2)10-16;1-12-2-4-13(5-3-12)6-7-15(16)14-8-10-17-11-9-14;1-2/h6-12H,2-3,5H2,1,4H3;2-5,14H,6-11H2,1H3;1-2H3. The first kappa shape index (κ1) is 30.9. The lowest BCUT2D eigenvalue weighted by Gasteiger charge is -2.20. The van der Waals surface area contributed by atoms with Crippen molar-refractivity contribution in [1.82, 2.24) is 4.98 Å². The van der Waals surface area contributed by atoms with E-state index in [9.17, 15) is 4.79 Å². The number of aryl methyl sites for hydroxylation is 3. The fraction of sp³-hybridized carbons (Fsp3) is 0.371. The molecule has 0 spiro atoms. The molecule has 2 aromatic carbocycles. The van der Waals surface area contributed by atoms with Gasteiger partial charge in [0.15, 0.2) is 0 Å². The summed E-state index contributed by atoms with van der Waals surface area (Å²) in [5.74, 6) is 0.656. The van der Waals surface area contributed by atoms with Crippen LogP contribution in [0.5, 0.6) is 0 Å². The number of ether oxygens (including phenoxy) is 1. The molecule has 2 heterocycles. The van der Waals surface area contributed by atoms with Crippen molar-refractivity contribution in [3.63, 3.8) is 0 Å². The number of carbonyl (C=O) groups excluding carboxylic acids is 1. The van der Waals surface area contributed by atoms with Crippen LogP contribution in [0, 0.1) is 12.8 Å². The Hall–Kier alpha value is -3.30. The summed E-state index contributed by atoms with van der Waals surface area (Å²) in [5.41, 5.74) is 9.42. The van der Waals surface area contributed by atoms with E-state index in [1.54, 1.807) is 0 Å². The molecule has 3 nitrogen and oxygen atoms in total. The topological polar surface area (TPSA) is 39.2 Å². The molecule has 0 saturated carbocycles. The minimum atomic E-state index is 0.245. The maximum atomic E-state index is 12.0. The van der Waals surface area contributed by atoms with Gasteiger partial charge in [0.25, 0.3) is 0 Å². The van der Waals surface area contributed by atoms with E-state index in [0.29, 0.717) is 12.2 Å². The van der Waals surface area contributed by atoms with Crippen molar-refractivity contribution in [1.29, 1.82) is 0 Å². The van der Waals surface area contributed by atoms with Gasteiger partial charge in [-0.15, -0.1) is 0 Å². The molecule has 0 atom stereocenters. The second kappa shape index (κ2) is 16.5. The fourth-order valence-electron chi connectivity index (χ4n) is 4.38. The lowest BCUT2D eigenvalue weighted by atomic mass is 9.91. The molecule has 1 aliphatic rings. The highest BCUT2D eigenvalue weighted by Crippen LogP contribution is 2.26. The Morgan fingerprint density at radius 2 is 1.68 bits per heavy atom. The molecule has 1 fully saturated rings. The van der Waals surface area contributed by atoms with E-state index in [1.807, 2.05) is 39.2 Å². The van der Waals surface area contributed by atoms with Gasteiger partial charge in [-0.25, -0.2) is 0 Å². The molecule has 3 heteroatoms. The van der Waals surface area contributed by atoms with Crippen LogP contribution in [0.25, 0.3) is 22.8 Å². The van der Waals surface area contributed by atoms with Crippen molar-refractivity contribution in [3.8, 4) is 11.1 Å². The highest BCUT2D eigenvalue weighted by atomic mass is 16.5. The molecule has 4 rings (SSSR count). The average molecular weight is 512 g/mol. The molecule has 1 saturated heterocycles. The zero-order valence-electron chi connectivity index (χ0n) is 24.1. The zero-order chi connectivity index (χ0) is 27.9.